The first kappa shape index (κ1) is 20.0. The molecule has 0 heterocycles. The Morgan fingerprint density at radius 1 is 0.750 bits per heavy atom. The fraction of sp³-hybridized carbons (Fsp3) is 0.944. The summed E-state index contributed by atoms with van der Waals surface area (Å²) in [5.74, 6) is 0. The quantitative estimate of drug-likeness (QED) is 0.188. The molecule has 2 heteroatoms. The molecule has 20 heavy (non-hydrogen) atoms. The van der Waals surface area contributed by atoms with E-state index in [2.05, 4.69) is 6.92 Å². The van der Waals surface area contributed by atoms with Gasteiger partial charge < -0.3 is 4.79 Å². The minimum atomic E-state index is -0.627. The maximum Gasteiger partial charge on any atom is 0.140 e. The van der Waals surface area contributed by atoms with Gasteiger partial charge in [-0.3, -0.25) is 0 Å². The highest BCUT2D eigenvalue weighted by molar-refractivity contribution is 6.31. The fourth-order valence-corrected chi connectivity index (χ4v) is 2.68. The van der Waals surface area contributed by atoms with Crippen LogP contribution in [-0.2, 0) is 4.79 Å². The Bertz CT molecular complexity index is 213. The molecule has 0 N–H and O–H groups in total. The van der Waals surface area contributed by atoms with Crippen molar-refractivity contribution >= 4 is 17.9 Å². The number of hydrogen-bond donors (Lipinski definition) is 0. The molecule has 0 aliphatic rings. The van der Waals surface area contributed by atoms with E-state index in [4.69, 9.17) is 11.6 Å². The largest absolute Gasteiger partial charge is 0.301 e. The SMILES string of the molecule is CCCCCCCCCCCCCCCC(C)(Cl)C=O. The van der Waals surface area contributed by atoms with Crippen molar-refractivity contribution in [1.29, 1.82) is 0 Å². The van der Waals surface area contributed by atoms with Gasteiger partial charge in [-0.15, -0.1) is 11.6 Å². The monoisotopic (exact) mass is 302 g/mol. The van der Waals surface area contributed by atoms with E-state index in [0.717, 1.165) is 19.1 Å². The second-order valence-corrected chi connectivity index (χ2v) is 7.25. The van der Waals surface area contributed by atoms with Gasteiger partial charge in [0.05, 0.1) is 4.87 Å². The van der Waals surface area contributed by atoms with Gasteiger partial charge in [0, 0.05) is 0 Å². The predicted octanol–water partition coefficient (Wildman–Crippen LogP) is 6.66. The van der Waals surface area contributed by atoms with Gasteiger partial charge in [0.15, 0.2) is 0 Å². The van der Waals surface area contributed by atoms with Crippen molar-refractivity contribution in [3.05, 3.63) is 0 Å². The van der Waals surface area contributed by atoms with Crippen LogP contribution in [0.5, 0.6) is 0 Å². The maximum atomic E-state index is 10.6. The third-order valence-corrected chi connectivity index (χ3v) is 4.29. The second kappa shape index (κ2) is 13.9. The zero-order valence-electron chi connectivity index (χ0n) is 13.8. The van der Waals surface area contributed by atoms with Crippen LogP contribution in [0.2, 0.25) is 0 Å². The lowest BCUT2D eigenvalue weighted by atomic mass is 10.0. The summed E-state index contributed by atoms with van der Waals surface area (Å²) in [5, 5.41) is 0. The van der Waals surface area contributed by atoms with Crippen LogP contribution in [0.4, 0.5) is 0 Å². The Hall–Kier alpha value is -0.0400. The lowest BCUT2D eigenvalue weighted by molar-refractivity contribution is -0.109. The van der Waals surface area contributed by atoms with E-state index in [9.17, 15) is 4.79 Å². The number of halogens is 1. The molecule has 0 rings (SSSR count). The number of rotatable bonds is 15. The minimum Gasteiger partial charge on any atom is -0.301 e. The molecule has 0 aromatic heterocycles. The average Bonchev–Trinajstić information content (AvgIpc) is 2.44. The van der Waals surface area contributed by atoms with Crippen molar-refractivity contribution in [2.75, 3.05) is 0 Å². The van der Waals surface area contributed by atoms with Crippen LogP contribution >= 0.6 is 11.6 Å². The molecule has 1 atom stereocenters. The van der Waals surface area contributed by atoms with Crippen molar-refractivity contribution in [2.45, 2.75) is 109 Å². The van der Waals surface area contributed by atoms with Crippen LogP contribution in [0.3, 0.4) is 0 Å². The highest BCUT2D eigenvalue weighted by Crippen LogP contribution is 2.20. The molecule has 1 nitrogen and oxygen atoms in total. The molecule has 0 bridgehead atoms. The van der Waals surface area contributed by atoms with Gasteiger partial charge in [-0.25, -0.2) is 0 Å². The van der Waals surface area contributed by atoms with Gasteiger partial charge in [0.2, 0.25) is 0 Å². The second-order valence-electron chi connectivity index (χ2n) is 6.39. The number of carbonyl (C=O) groups is 1. The third-order valence-electron chi connectivity index (χ3n) is 4.01. The van der Waals surface area contributed by atoms with Crippen molar-refractivity contribution in [3.63, 3.8) is 0 Å². The highest BCUT2D eigenvalue weighted by Gasteiger charge is 2.18. The minimum absolute atomic E-state index is 0.627. The van der Waals surface area contributed by atoms with Gasteiger partial charge in [0.25, 0.3) is 0 Å². The van der Waals surface area contributed by atoms with Crippen LogP contribution in [0.15, 0.2) is 0 Å². The van der Waals surface area contributed by atoms with Crippen LogP contribution in [0.25, 0.3) is 0 Å². The number of carbonyl (C=O) groups excluding carboxylic acids is 1. The van der Waals surface area contributed by atoms with Crippen molar-refractivity contribution in [1.82, 2.24) is 0 Å². The Kier molecular flexibility index (Phi) is 13.9. The smallest absolute Gasteiger partial charge is 0.140 e. The van der Waals surface area contributed by atoms with E-state index in [0.29, 0.717) is 0 Å². The third kappa shape index (κ3) is 14.4. The van der Waals surface area contributed by atoms with E-state index >= 15 is 0 Å². The average molecular weight is 303 g/mol. The summed E-state index contributed by atoms with van der Waals surface area (Å²) >= 11 is 6.00. The predicted molar refractivity (Wildman–Crippen MR) is 90.6 cm³/mol. The van der Waals surface area contributed by atoms with Gasteiger partial charge in [-0.1, -0.05) is 90.4 Å². The lowest BCUT2D eigenvalue weighted by Gasteiger charge is -2.13. The summed E-state index contributed by atoms with van der Waals surface area (Å²) in [5.41, 5.74) is 0. The first-order valence-corrected chi connectivity index (χ1v) is 9.15. The summed E-state index contributed by atoms with van der Waals surface area (Å²) in [6, 6.07) is 0. The number of alkyl halides is 1. The van der Waals surface area contributed by atoms with Gasteiger partial charge in [0.1, 0.15) is 6.29 Å². The molecule has 0 spiro atoms. The number of aldehydes is 1. The van der Waals surface area contributed by atoms with Gasteiger partial charge in [-0.05, 0) is 13.3 Å². The van der Waals surface area contributed by atoms with Gasteiger partial charge in [-0.2, -0.15) is 0 Å². The summed E-state index contributed by atoms with van der Waals surface area (Å²) in [7, 11) is 0. The Morgan fingerprint density at radius 2 is 1.10 bits per heavy atom. The van der Waals surface area contributed by atoms with Crippen LogP contribution in [0, 0.1) is 0 Å². The Labute approximate surface area is 131 Å². The van der Waals surface area contributed by atoms with E-state index in [1.165, 1.54) is 77.0 Å². The van der Waals surface area contributed by atoms with E-state index in [-0.39, 0.29) is 0 Å². The molecule has 0 radical (unpaired) electrons. The van der Waals surface area contributed by atoms with Crippen LogP contribution in [-0.4, -0.2) is 11.2 Å². The first-order chi connectivity index (χ1) is 9.62. The van der Waals surface area contributed by atoms with Crippen molar-refractivity contribution in [3.8, 4) is 0 Å². The van der Waals surface area contributed by atoms with Crippen molar-refractivity contribution in [2.24, 2.45) is 0 Å². The van der Waals surface area contributed by atoms with Crippen LogP contribution in [0.1, 0.15) is 104 Å². The molecular formula is C18H35ClO. The van der Waals surface area contributed by atoms with Gasteiger partial charge >= 0.3 is 0 Å². The molecule has 0 saturated heterocycles. The molecule has 0 saturated carbocycles. The Morgan fingerprint density at radius 3 is 1.45 bits per heavy atom. The molecule has 120 valence electrons. The summed E-state index contributed by atoms with van der Waals surface area (Å²) in [6.07, 6.45) is 19.3. The molecule has 0 aromatic rings. The molecule has 1 unspecified atom stereocenters. The molecule has 0 amide bonds. The molecular weight excluding hydrogens is 268 g/mol. The Balaban J connectivity index is 3.08. The molecule has 0 aliphatic carbocycles. The molecule has 0 fully saturated rings. The van der Waals surface area contributed by atoms with Crippen molar-refractivity contribution < 1.29 is 4.79 Å². The molecule has 0 aromatic carbocycles. The normalized spacial score (nSPS) is 14.2. The standard InChI is InChI=1S/C18H35ClO/c1-3-4-5-6-7-8-9-10-11-12-13-14-15-16-18(2,19)17-20/h17H,3-16H2,1-2H3. The van der Waals surface area contributed by atoms with E-state index in [1.807, 2.05) is 6.92 Å². The van der Waals surface area contributed by atoms with E-state index < -0.39 is 4.87 Å². The van der Waals surface area contributed by atoms with Crippen LogP contribution < -0.4 is 0 Å². The topological polar surface area (TPSA) is 17.1 Å². The fourth-order valence-electron chi connectivity index (χ4n) is 2.55. The number of hydrogen-bond acceptors (Lipinski definition) is 1. The first-order valence-electron chi connectivity index (χ1n) is 8.77. The zero-order chi connectivity index (χ0) is 15.1. The lowest BCUT2D eigenvalue weighted by Crippen LogP contribution is -2.17. The maximum absolute atomic E-state index is 10.6. The summed E-state index contributed by atoms with van der Waals surface area (Å²) in [6.45, 7) is 4.08. The molecule has 0 aliphatic heterocycles. The summed E-state index contributed by atoms with van der Waals surface area (Å²) < 4.78 is 0. The highest BCUT2D eigenvalue weighted by atomic mass is 35.5. The number of unbranched alkanes of at least 4 members (excludes halogenated alkanes) is 12. The van der Waals surface area contributed by atoms with E-state index in [1.54, 1.807) is 0 Å². The summed E-state index contributed by atoms with van der Waals surface area (Å²) in [4.78, 5) is 10.0. The zero-order valence-corrected chi connectivity index (χ0v) is 14.5.